The van der Waals surface area contributed by atoms with Crippen molar-refractivity contribution in [1.29, 1.82) is 0 Å². The first-order valence-corrected chi connectivity index (χ1v) is 33.3. The maximum Gasteiger partial charge on any atom is 0.249 e. The summed E-state index contributed by atoms with van der Waals surface area (Å²) in [5.74, 6) is -0.855. The molecule has 0 saturated carbocycles. The maximum absolute atomic E-state index is 13.8. The Kier molecular flexibility index (Phi) is 41.4. The maximum atomic E-state index is 13.8. The average Bonchev–Trinajstić information content (AvgIpc) is 3.68. The minimum atomic E-state index is -2.03. The van der Waals surface area contributed by atoms with E-state index in [1.165, 1.54) is 128 Å². The van der Waals surface area contributed by atoms with Crippen LogP contribution in [-0.2, 0) is 38.0 Å². The number of amides is 2. The summed E-state index contributed by atoms with van der Waals surface area (Å²) < 4.78 is 36.0. The second-order valence-electron chi connectivity index (χ2n) is 25.1. The van der Waals surface area contributed by atoms with Crippen LogP contribution in [0.2, 0.25) is 0 Å². The van der Waals surface area contributed by atoms with Gasteiger partial charge in [-0.1, -0.05) is 220 Å². The highest BCUT2D eigenvalue weighted by atomic mass is 16.8. The van der Waals surface area contributed by atoms with Crippen molar-refractivity contribution in [2.24, 2.45) is 5.92 Å². The standard InChI is InChI=1S/C63H120N2O20/c1-5-6-7-8-9-10-11-12-13-14-15-16-17-18-19-20-21-24-28-31-34-37-46(71)60(79)65-44(51(72)45(70)36-33-30-27-25-22-23-26-29-32-35-42(2)3)41-80-63-59(85-62-57(78)56(77)53(74)48(39-67)82-62)58(54(75)49(40-68)83-63)84-61-50(64-43(4)69)55(76)52(73)47(38-66)81-61/h42,44-59,61-63,66-68,70-78H,5-41H2,1-4H3,(H,64,69)(H,65,79)/t44-,45+,46+,47+,48+,49+,50+,51-,52-,53-,54-,55+,56-,57+,58-,59+,61+,62+,63-/m0/s1. The van der Waals surface area contributed by atoms with E-state index in [4.69, 9.17) is 28.4 Å². The second-order valence-corrected chi connectivity index (χ2v) is 25.1. The molecule has 0 spiro atoms. The summed E-state index contributed by atoms with van der Waals surface area (Å²) >= 11 is 0. The van der Waals surface area contributed by atoms with E-state index in [0.717, 1.165) is 64.7 Å². The first-order valence-electron chi connectivity index (χ1n) is 33.3. The number of hydrogen-bond donors (Lipinski definition) is 14. The molecule has 0 aromatic rings. The summed E-state index contributed by atoms with van der Waals surface area (Å²) in [4.78, 5) is 26.2. The molecule has 22 heteroatoms. The van der Waals surface area contributed by atoms with Crippen LogP contribution in [0.15, 0.2) is 0 Å². The fourth-order valence-corrected chi connectivity index (χ4v) is 11.7. The van der Waals surface area contributed by atoms with Crippen LogP contribution in [-0.4, -0.2) is 216 Å². The Balaban J connectivity index is 1.70. The molecule has 3 fully saturated rings. The highest BCUT2D eigenvalue weighted by Crippen LogP contribution is 2.34. The van der Waals surface area contributed by atoms with E-state index >= 15 is 0 Å². The number of ether oxygens (including phenoxy) is 6. The van der Waals surface area contributed by atoms with Gasteiger partial charge in [0.15, 0.2) is 18.9 Å². The van der Waals surface area contributed by atoms with Crippen molar-refractivity contribution in [1.82, 2.24) is 10.6 Å². The lowest BCUT2D eigenvalue weighted by Crippen LogP contribution is -2.69. The zero-order chi connectivity index (χ0) is 62.5. The van der Waals surface area contributed by atoms with Crippen molar-refractivity contribution in [2.75, 3.05) is 26.4 Å². The molecule has 2 amide bonds. The molecule has 85 heavy (non-hydrogen) atoms. The molecule has 22 nitrogen and oxygen atoms in total. The van der Waals surface area contributed by atoms with E-state index in [0.29, 0.717) is 18.8 Å². The highest BCUT2D eigenvalue weighted by Gasteiger charge is 2.55. The number of aliphatic hydroxyl groups is 12. The summed E-state index contributed by atoms with van der Waals surface area (Å²) in [5.41, 5.74) is 0. The second kappa shape index (κ2) is 45.5. The van der Waals surface area contributed by atoms with Crippen molar-refractivity contribution in [3.63, 3.8) is 0 Å². The lowest BCUT2D eigenvalue weighted by atomic mass is 9.95. The molecule has 3 heterocycles. The molecule has 0 radical (unpaired) electrons. The first kappa shape index (κ1) is 77.5. The molecule has 0 aromatic carbocycles. The third-order valence-corrected chi connectivity index (χ3v) is 17.2. The molecular formula is C63H120N2O20. The van der Waals surface area contributed by atoms with Gasteiger partial charge in [-0.3, -0.25) is 9.59 Å². The molecule has 502 valence electrons. The van der Waals surface area contributed by atoms with E-state index in [1.54, 1.807) is 0 Å². The average molecular weight is 1230 g/mol. The summed E-state index contributed by atoms with van der Waals surface area (Å²) in [6.07, 6.45) is 6.58. The Hall–Kier alpha value is -1.78. The van der Waals surface area contributed by atoms with E-state index in [9.17, 15) is 70.9 Å². The molecular weight excluding hydrogens is 1100 g/mol. The quantitative estimate of drug-likeness (QED) is 0.0367. The summed E-state index contributed by atoms with van der Waals surface area (Å²) in [6, 6.07) is -3.01. The van der Waals surface area contributed by atoms with Gasteiger partial charge < -0.3 is 100 Å². The van der Waals surface area contributed by atoms with Crippen LogP contribution in [0.1, 0.15) is 240 Å². The molecule has 14 N–H and O–H groups in total. The largest absolute Gasteiger partial charge is 0.394 e. The number of hydrogen-bond acceptors (Lipinski definition) is 20. The van der Waals surface area contributed by atoms with Crippen molar-refractivity contribution in [3.8, 4) is 0 Å². The Morgan fingerprint density at radius 2 is 0.847 bits per heavy atom. The molecule has 0 unspecified atom stereocenters. The lowest BCUT2D eigenvalue weighted by molar-refractivity contribution is -0.387. The zero-order valence-corrected chi connectivity index (χ0v) is 52.3. The number of aliphatic hydroxyl groups excluding tert-OH is 12. The monoisotopic (exact) mass is 1220 g/mol. The van der Waals surface area contributed by atoms with Crippen molar-refractivity contribution in [2.45, 2.75) is 356 Å². The van der Waals surface area contributed by atoms with Gasteiger partial charge in [0.25, 0.3) is 0 Å². The minimum absolute atomic E-state index is 0.121. The van der Waals surface area contributed by atoms with E-state index in [2.05, 4.69) is 31.4 Å². The summed E-state index contributed by atoms with van der Waals surface area (Å²) in [6.45, 7) is 4.53. The SMILES string of the molecule is CCCCCCCCCCCCCCCCCCCCCCC[C@@H](O)C(=O)N[C@@H](CO[C@H]1O[C@H](CO)[C@H](O)[C@H](O[C@H]2O[C@H](CO)[C@H](O)[C@H](O)[C@H]2NC(C)=O)[C@H]1O[C@H]1O[C@H](CO)[C@H](O)[C@H](O)[C@H]1O)[C@H](O)[C@H](O)CCCCCCCCCCCC(C)C. The van der Waals surface area contributed by atoms with Crippen LogP contribution in [0, 0.1) is 5.92 Å². The molecule has 3 rings (SSSR count). The van der Waals surface area contributed by atoms with Gasteiger partial charge in [0, 0.05) is 6.92 Å². The molecule has 0 bridgehead atoms. The fourth-order valence-electron chi connectivity index (χ4n) is 11.7. The Labute approximate surface area is 508 Å². The van der Waals surface area contributed by atoms with Gasteiger partial charge in [-0.15, -0.1) is 0 Å². The third-order valence-electron chi connectivity index (χ3n) is 17.2. The topological polar surface area (TPSA) is 356 Å². The third kappa shape index (κ3) is 29.4. The Bertz CT molecular complexity index is 1680. The van der Waals surface area contributed by atoms with Gasteiger partial charge in [0.2, 0.25) is 11.8 Å². The van der Waals surface area contributed by atoms with Crippen LogP contribution in [0.3, 0.4) is 0 Å². The van der Waals surface area contributed by atoms with Gasteiger partial charge >= 0.3 is 0 Å². The van der Waals surface area contributed by atoms with Gasteiger partial charge in [-0.25, -0.2) is 0 Å². The molecule has 3 aliphatic heterocycles. The number of unbranched alkanes of at least 4 members (excludes halogenated alkanes) is 28. The van der Waals surface area contributed by atoms with Crippen LogP contribution >= 0.6 is 0 Å². The predicted molar refractivity (Wildman–Crippen MR) is 319 cm³/mol. The van der Waals surface area contributed by atoms with E-state index < -0.39 is 155 Å². The van der Waals surface area contributed by atoms with Gasteiger partial charge in [-0.2, -0.15) is 0 Å². The number of nitrogens with one attached hydrogen (secondary N) is 2. The number of carbonyl (C=O) groups is 2. The van der Waals surface area contributed by atoms with Gasteiger partial charge in [0.05, 0.1) is 38.6 Å². The Morgan fingerprint density at radius 3 is 1.29 bits per heavy atom. The van der Waals surface area contributed by atoms with Crippen LogP contribution in [0.4, 0.5) is 0 Å². The van der Waals surface area contributed by atoms with Crippen molar-refractivity contribution >= 4 is 11.8 Å². The van der Waals surface area contributed by atoms with Crippen LogP contribution < -0.4 is 10.6 Å². The molecule has 0 aliphatic carbocycles. The fraction of sp³-hybridized carbons (Fsp3) is 0.968. The minimum Gasteiger partial charge on any atom is -0.394 e. The predicted octanol–water partition coefficient (Wildman–Crippen LogP) is 4.71. The molecule has 3 aliphatic rings. The first-order chi connectivity index (χ1) is 40.9. The molecule has 19 atom stereocenters. The zero-order valence-electron chi connectivity index (χ0n) is 52.3. The van der Waals surface area contributed by atoms with Crippen molar-refractivity contribution in [3.05, 3.63) is 0 Å². The summed E-state index contributed by atoms with van der Waals surface area (Å²) in [7, 11) is 0. The molecule has 3 saturated heterocycles. The smallest absolute Gasteiger partial charge is 0.249 e. The number of rotatable bonds is 49. The Morgan fingerprint density at radius 1 is 0.459 bits per heavy atom. The van der Waals surface area contributed by atoms with E-state index in [-0.39, 0.29) is 12.8 Å². The summed E-state index contributed by atoms with van der Waals surface area (Å²) in [5, 5.41) is 136. The normalized spacial score (nSPS) is 29.6. The van der Waals surface area contributed by atoms with E-state index in [1.807, 2.05) is 0 Å². The highest BCUT2D eigenvalue weighted by molar-refractivity contribution is 5.80. The lowest BCUT2D eigenvalue weighted by Gasteiger charge is -2.49. The van der Waals surface area contributed by atoms with Crippen LogP contribution in [0.25, 0.3) is 0 Å². The molecule has 0 aromatic heterocycles. The van der Waals surface area contributed by atoms with Crippen molar-refractivity contribution < 1.29 is 99.3 Å². The van der Waals surface area contributed by atoms with Gasteiger partial charge in [0.1, 0.15) is 85.4 Å². The number of carbonyl (C=O) groups excluding carboxylic acids is 2. The van der Waals surface area contributed by atoms with Gasteiger partial charge in [-0.05, 0) is 18.8 Å². The van der Waals surface area contributed by atoms with Crippen LogP contribution in [0.5, 0.6) is 0 Å².